The third-order valence-electron chi connectivity index (χ3n) is 4.40. The number of furan rings is 1. The van der Waals surface area contributed by atoms with Crippen molar-refractivity contribution in [2.75, 3.05) is 12.4 Å². The Bertz CT molecular complexity index is 1070. The first-order valence-electron chi connectivity index (χ1n) is 8.32. The lowest BCUT2D eigenvalue weighted by Gasteiger charge is -2.13. The van der Waals surface area contributed by atoms with E-state index < -0.39 is 11.7 Å². The van der Waals surface area contributed by atoms with Gasteiger partial charge in [0.05, 0.1) is 19.1 Å². The van der Waals surface area contributed by atoms with E-state index in [1.807, 2.05) is 26.8 Å². The summed E-state index contributed by atoms with van der Waals surface area (Å²) in [4.78, 5) is 12.4. The van der Waals surface area contributed by atoms with E-state index in [1.54, 1.807) is 19.4 Å². The highest BCUT2D eigenvalue weighted by Crippen LogP contribution is 2.37. The van der Waals surface area contributed by atoms with Crippen molar-refractivity contribution in [1.29, 1.82) is 0 Å². The van der Waals surface area contributed by atoms with Crippen LogP contribution < -0.4 is 10.1 Å². The first-order chi connectivity index (χ1) is 12.8. The standard InChI is InChI=1S/C21H19BrFNO3/c1-11(7-19(25)24-18-6-5-14(22)8-17(18)23)15-9-16-12(2)10-27-21(16)13(3)20(15)26-4/h5-10H,1-4H3,(H,24,25)/b11-7+. The zero-order valence-electron chi connectivity index (χ0n) is 15.4. The minimum absolute atomic E-state index is 0.122. The molecule has 6 heteroatoms. The fourth-order valence-electron chi connectivity index (χ4n) is 3.03. The molecule has 0 bridgehead atoms. The molecule has 27 heavy (non-hydrogen) atoms. The number of ether oxygens (including phenoxy) is 1. The van der Waals surface area contributed by atoms with Crippen molar-refractivity contribution in [3.63, 3.8) is 0 Å². The van der Waals surface area contributed by atoms with Crippen molar-refractivity contribution in [1.82, 2.24) is 0 Å². The normalized spacial score (nSPS) is 11.7. The second kappa shape index (κ2) is 7.56. The summed E-state index contributed by atoms with van der Waals surface area (Å²) in [5, 5.41) is 3.53. The predicted octanol–water partition coefficient (Wildman–Crippen LogP) is 6.00. The first kappa shape index (κ1) is 19.2. The SMILES string of the molecule is COc1c(/C(C)=C/C(=O)Nc2ccc(Br)cc2F)cc2c(C)coc2c1C. The zero-order chi connectivity index (χ0) is 19.7. The third-order valence-corrected chi connectivity index (χ3v) is 4.90. The molecule has 0 aliphatic heterocycles. The van der Waals surface area contributed by atoms with Gasteiger partial charge in [0.25, 0.3) is 0 Å². The van der Waals surface area contributed by atoms with Crippen molar-refractivity contribution < 1.29 is 18.3 Å². The number of fused-ring (bicyclic) bond motifs is 1. The third kappa shape index (κ3) is 3.76. The number of carbonyl (C=O) groups excluding carboxylic acids is 1. The number of methoxy groups -OCH3 is 1. The van der Waals surface area contributed by atoms with Crippen molar-refractivity contribution in [2.45, 2.75) is 20.8 Å². The molecule has 0 saturated heterocycles. The number of hydrogen-bond acceptors (Lipinski definition) is 3. The van der Waals surface area contributed by atoms with Crippen LogP contribution in [0.4, 0.5) is 10.1 Å². The van der Waals surface area contributed by atoms with E-state index in [0.717, 1.165) is 27.7 Å². The molecule has 0 spiro atoms. The molecule has 0 saturated carbocycles. The smallest absolute Gasteiger partial charge is 0.248 e. The molecule has 0 fully saturated rings. The molecule has 140 valence electrons. The maximum absolute atomic E-state index is 13.9. The minimum atomic E-state index is -0.507. The summed E-state index contributed by atoms with van der Waals surface area (Å²) in [6, 6.07) is 6.41. The topological polar surface area (TPSA) is 51.5 Å². The Kier molecular flexibility index (Phi) is 5.37. The monoisotopic (exact) mass is 431 g/mol. The fraction of sp³-hybridized carbons (Fsp3) is 0.190. The van der Waals surface area contributed by atoms with Crippen LogP contribution in [0.25, 0.3) is 16.5 Å². The highest BCUT2D eigenvalue weighted by Gasteiger charge is 2.17. The molecule has 1 aromatic heterocycles. The van der Waals surface area contributed by atoms with Gasteiger partial charge in [0.2, 0.25) is 5.91 Å². The van der Waals surface area contributed by atoms with Crippen LogP contribution in [0, 0.1) is 19.7 Å². The summed E-state index contributed by atoms with van der Waals surface area (Å²) in [7, 11) is 1.58. The molecule has 0 aliphatic carbocycles. The lowest BCUT2D eigenvalue weighted by Crippen LogP contribution is -2.10. The Balaban J connectivity index is 1.97. The molecular weight excluding hydrogens is 413 g/mol. The number of hydrogen-bond donors (Lipinski definition) is 1. The summed E-state index contributed by atoms with van der Waals surface area (Å²) < 4.78 is 25.7. The van der Waals surface area contributed by atoms with Gasteiger partial charge in [0, 0.05) is 27.1 Å². The van der Waals surface area contributed by atoms with Gasteiger partial charge in [-0.3, -0.25) is 4.79 Å². The second-order valence-electron chi connectivity index (χ2n) is 6.32. The maximum atomic E-state index is 13.9. The van der Waals surface area contributed by atoms with Crippen LogP contribution in [0.3, 0.4) is 0 Å². The molecule has 3 rings (SSSR count). The van der Waals surface area contributed by atoms with Crippen LogP contribution in [-0.2, 0) is 4.79 Å². The molecule has 1 heterocycles. The van der Waals surface area contributed by atoms with E-state index in [4.69, 9.17) is 9.15 Å². The second-order valence-corrected chi connectivity index (χ2v) is 7.23. The average Bonchev–Trinajstić information content (AvgIpc) is 2.98. The van der Waals surface area contributed by atoms with Crippen LogP contribution in [0.15, 0.2) is 45.5 Å². The molecule has 2 aromatic carbocycles. The highest BCUT2D eigenvalue weighted by molar-refractivity contribution is 9.10. The number of allylic oxidation sites excluding steroid dienone is 1. The predicted molar refractivity (Wildman–Crippen MR) is 109 cm³/mol. The zero-order valence-corrected chi connectivity index (χ0v) is 17.0. The number of aryl methyl sites for hydroxylation is 2. The highest BCUT2D eigenvalue weighted by atomic mass is 79.9. The van der Waals surface area contributed by atoms with Crippen LogP contribution in [0.5, 0.6) is 5.75 Å². The van der Waals surface area contributed by atoms with Crippen molar-refractivity contribution in [2.24, 2.45) is 0 Å². The van der Waals surface area contributed by atoms with Gasteiger partial charge in [-0.1, -0.05) is 15.9 Å². The Morgan fingerprint density at radius 3 is 2.70 bits per heavy atom. The molecule has 0 radical (unpaired) electrons. The molecule has 0 unspecified atom stereocenters. The van der Waals surface area contributed by atoms with E-state index in [-0.39, 0.29) is 5.69 Å². The number of anilines is 1. The Hall–Kier alpha value is -2.60. The maximum Gasteiger partial charge on any atom is 0.248 e. The lowest BCUT2D eigenvalue weighted by molar-refractivity contribution is -0.111. The molecule has 3 aromatic rings. The van der Waals surface area contributed by atoms with Gasteiger partial charge in [-0.05, 0) is 56.2 Å². The molecule has 0 atom stereocenters. The summed E-state index contributed by atoms with van der Waals surface area (Å²) in [6.45, 7) is 5.69. The van der Waals surface area contributed by atoms with E-state index in [9.17, 15) is 9.18 Å². The lowest BCUT2D eigenvalue weighted by atomic mass is 9.98. The largest absolute Gasteiger partial charge is 0.496 e. The number of rotatable bonds is 4. The summed E-state index contributed by atoms with van der Waals surface area (Å²) in [6.07, 6.45) is 3.13. The Morgan fingerprint density at radius 1 is 1.30 bits per heavy atom. The number of benzene rings is 2. The molecular formula is C21H19BrFNO3. The van der Waals surface area contributed by atoms with E-state index in [2.05, 4.69) is 21.2 Å². The van der Waals surface area contributed by atoms with Crippen molar-refractivity contribution in [3.05, 3.63) is 63.6 Å². The van der Waals surface area contributed by atoms with Gasteiger partial charge in [-0.15, -0.1) is 0 Å². The average molecular weight is 432 g/mol. The quantitative estimate of drug-likeness (QED) is 0.515. The molecule has 4 nitrogen and oxygen atoms in total. The fourth-order valence-corrected chi connectivity index (χ4v) is 3.36. The molecule has 0 aliphatic rings. The number of carbonyl (C=O) groups is 1. The van der Waals surface area contributed by atoms with Gasteiger partial charge in [-0.2, -0.15) is 0 Å². The van der Waals surface area contributed by atoms with Gasteiger partial charge in [0.1, 0.15) is 17.1 Å². The van der Waals surface area contributed by atoms with E-state index >= 15 is 0 Å². The van der Waals surface area contributed by atoms with E-state index in [1.165, 1.54) is 18.2 Å². The summed E-state index contributed by atoms with van der Waals surface area (Å²) >= 11 is 3.19. The van der Waals surface area contributed by atoms with Gasteiger partial charge in [-0.25, -0.2) is 4.39 Å². The van der Waals surface area contributed by atoms with Gasteiger partial charge in [0.15, 0.2) is 0 Å². The van der Waals surface area contributed by atoms with Crippen LogP contribution in [0.2, 0.25) is 0 Å². The van der Waals surface area contributed by atoms with Crippen molar-refractivity contribution in [3.8, 4) is 5.75 Å². The van der Waals surface area contributed by atoms with Crippen LogP contribution in [0.1, 0.15) is 23.6 Å². The summed E-state index contributed by atoms with van der Waals surface area (Å²) in [5.74, 6) is -0.279. The number of amides is 1. The Morgan fingerprint density at radius 2 is 2.04 bits per heavy atom. The molecule has 1 amide bonds. The number of halogens is 2. The Labute approximate surface area is 165 Å². The van der Waals surface area contributed by atoms with Gasteiger partial charge >= 0.3 is 0 Å². The van der Waals surface area contributed by atoms with E-state index in [0.29, 0.717) is 15.8 Å². The summed E-state index contributed by atoms with van der Waals surface area (Å²) in [5.41, 5.74) is 4.25. The van der Waals surface area contributed by atoms with Crippen LogP contribution >= 0.6 is 15.9 Å². The molecule has 1 N–H and O–H groups in total. The van der Waals surface area contributed by atoms with Crippen LogP contribution in [-0.4, -0.2) is 13.0 Å². The van der Waals surface area contributed by atoms with Gasteiger partial charge < -0.3 is 14.5 Å². The minimum Gasteiger partial charge on any atom is -0.496 e. The number of nitrogens with one attached hydrogen (secondary N) is 1. The first-order valence-corrected chi connectivity index (χ1v) is 9.11. The van der Waals surface area contributed by atoms with Crippen molar-refractivity contribution >= 4 is 44.1 Å².